The van der Waals surface area contributed by atoms with Gasteiger partial charge in [0.15, 0.2) is 0 Å². The second-order valence-electron chi connectivity index (χ2n) is 9.76. The second kappa shape index (κ2) is 14.8. The molecule has 0 aromatic heterocycles. The zero-order valence-corrected chi connectivity index (χ0v) is 24.8. The third kappa shape index (κ3) is 7.47. The van der Waals surface area contributed by atoms with E-state index in [4.69, 9.17) is 4.74 Å². The summed E-state index contributed by atoms with van der Waals surface area (Å²) in [6.45, 7) is 0.781. The van der Waals surface area contributed by atoms with Crippen LogP contribution in [-0.2, 0) is 12.6 Å². The fourth-order valence-electron chi connectivity index (χ4n) is 5.18. The number of hydrogen-bond acceptors (Lipinski definition) is 1. The molecule has 0 spiro atoms. The van der Waals surface area contributed by atoms with Gasteiger partial charge in [-0.25, -0.2) is 0 Å². The first-order valence-electron chi connectivity index (χ1n) is 13.7. The predicted molar refractivity (Wildman–Crippen MR) is 165 cm³/mol. The number of aryl methyl sites for hydroxylation is 1. The molecule has 0 N–H and O–H groups in total. The first-order valence-corrected chi connectivity index (χ1v) is 15.6. The molecular formula is C36H36BrOP. The first-order chi connectivity index (χ1) is 18.8. The SMILES string of the molecule is [Br-].c1ccc(C[P+](c2ccccc2)(c2ccccc2)c2ccc(CCCCCOc3ccccc3)cc2)cc1. The van der Waals surface area contributed by atoms with Crippen molar-refractivity contribution in [3.63, 3.8) is 0 Å². The molecule has 5 aromatic carbocycles. The molecular weight excluding hydrogens is 559 g/mol. The van der Waals surface area contributed by atoms with Gasteiger partial charge >= 0.3 is 0 Å². The van der Waals surface area contributed by atoms with E-state index in [0.29, 0.717) is 0 Å². The molecule has 0 aliphatic heterocycles. The summed E-state index contributed by atoms with van der Waals surface area (Å²) in [6.07, 6.45) is 5.56. The minimum Gasteiger partial charge on any atom is -1.00 e. The number of unbranched alkanes of at least 4 members (excludes halogenated alkanes) is 2. The molecule has 0 saturated carbocycles. The molecule has 1 nitrogen and oxygen atoms in total. The van der Waals surface area contributed by atoms with Crippen LogP contribution in [0.5, 0.6) is 5.75 Å². The molecule has 0 heterocycles. The lowest BCUT2D eigenvalue weighted by atomic mass is 10.1. The van der Waals surface area contributed by atoms with Crippen LogP contribution in [0, 0.1) is 0 Å². The minimum absolute atomic E-state index is 0. The van der Waals surface area contributed by atoms with Crippen LogP contribution in [0.2, 0.25) is 0 Å². The Labute approximate surface area is 245 Å². The van der Waals surface area contributed by atoms with Crippen molar-refractivity contribution >= 4 is 23.2 Å². The van der Waals surface area contributed by atoms with E-state index in [9.17, 15) is 0 Å². The summed E-state index contributed by atoms with van der Waals surface area (Å²) in [5, 5.41) is 4.31. The Morgan fingerprint density at radius 3 is 1.49 bits per heavy atom. The zero-order valence-electron chi connectivity index (χ0n) is 22.3. The van der Waals surface area contributed by atoms with Crippen molar-refractivity contribution < 1.29 is 21.7 Å². The molecule has 0 radical (unpaired) electrons. The maximum atomic E-state index is 5.85. The van der Waals surface area contributed by atoms with Crippen molar-refractivity contribution in [1.82, 2.24) is 0 Å². The monoisotopic (exact) mass is 594 g/mol. The number of hydrogen-bond donors (Lipinski definition) is 0. The van der Waals surface area contributed by atoms with Gasteiger partial charge in [-0.1, -0.05) is 97.1 Å². The van der Waals surface area contributed by atoms with Gasteiger partial charge in [-0.15, -0.1) is 0 Å². The molecule has 0 aliphatic carbocycles. The van der Waals surface area contributed by atoms with E-state index in [2.05, 4.69) is 115 Å². The largest absolute Gasteiger partial charge is 1.00 e. The van der Waals surface area contributed by atoms with E-state index >= 15 is 0 Å². The predicted octanol–water partition coefficient (Wildman–Crippen LogP) is 4.98. The second-order valence-corrected chi connectivity index (χ2v) is 13.2. The summed E-state index contributed by atoms with van der Waals surface area (Å²) < 4.78 is 5.85. The smallest absolute Gasteiger partial charge is 0.119 e. The highest BCUT2D eigenvalue weighted by Gasteiger charge is 2.45. The average molecular weight is 596 g/mol. The molecule has 0 aliphatic rings. The summed E-state index contributed by atoms with van der Waals surface area (Å²) in [5.74, 6) is 0.960. The van der Waals surface area contributed by atoms with Gasteiger partial charge < -0.3 is 21.7 Å². The van der Waals surface area contributed by atoms with Crippen molar-refractivity contribution in [2.75, 3.05) is 6.61 Å². The summed E-state index contributed by atoms with van der Waals surface area (Å²) >= 11 is 0. The lowest BCUT2D eigenvalue weighted by Gasteiger charge is -2.28. The van der Waals surface area contributed by atoms with Gasteiger partial charge in [0, 0.05) is 0 Å². The van der Waals surface area contributed by atoms with E-state index in [1.807, 2.05) is 30.3 Å². The number of halogens is 1. The minimum atomic E-state index is -1.88. The molecule has 5 rings (SSSR count). The van der Waals surface area contributed by atoms with Gasteiger partial charge in [0.2, 0.25) is 0 Å². The van der Waals surface area contributed by atoms with Gasteiger partial charge in [-0.3, -0.25) is 0 Å². The highest BCUT2D eigenvalue weighted by molar-refractivity contribution is 7.95. The molecule has 0 bridgehead atoms. The Morgan fingerprint density at radius 1 is 0.436 bits per heavy atom. The third-order valence-corrected chi connectivity index (χ3v) is 11.5. The third-order valence-electron chi connectivity index (χ3n) is 7.16. The summed E-state index contributed by atoms with van der Waals surface area (Å²) in [5.41, 5.74) is 2.80. The highest BCUT2D eigenvalue weighted by atomic mass is 79.9. The Kier molecular flexibility index (Phi) is 11.0. The van der Waals surface area contributed by atoms with Crippen LogP contribution in [0.3, 0.4) is 0 Å². The van der Waals surface area contributed by atoms with Crippen molar-refractivity contribution in [3.8, 4) is 5.75 Å². The van der Waals surface area contributed by atoms with E-state index in [1.165, 1.54) is 39.9 Å². The van der Waals surface area contributed by atoms with Crippen molar-refractivity contribution in [2.24, 2.45) is 0 Å². The molecule has 0 saturated heterocycles. The number of ether oxygens (including phenoxy) is 1. The van der Waals surface area contributed by atoms with Crippen LogP contribution in [0.25, 0.3) is 0 Å². The first kappa shape index (κ1) is 28.8. The Bertz CT molecular complexity index is 1320. The standard InChI is InChI=1S/C36H36OP.BrH/c1-6-17-32(18-7-1)30-38(34-21-11-3-12-22-34,35-23-13-4-14-24-35)36-27-25-31(26-28-36)16-8-5-15-29-37-33-19-9-2-10-20-33;/h1-4,6-7,9-14,17-28H,5,8,15-16,29-30H2;1H/q+1;/p-1. The molecule has 198 valence electrons. The van der Waals surface area contributed by atoms with E-state index in [1.54, 1.807) is 0 Å². The average Bonchev–Trinajstić information content (AvgIpc) is 3.00. The topological polar surface area (TPSA) is 9.23 Å². The van der Waals surface area contributed by atoms with Crippen molar-refractivity contribution in [1.29, 1.82) is 0 Å². The van der Waals surface area contributed by atoms with Crippen LogP contribution in [0.4, 0.5) is 0 Å². The molecule has 0 atom stereocenters. The lowest BCUT2D eigenvalue weighted by Crippen LogP contribution is -3.00. The van der Waals surface area contributed by atoms with Crippen LogP contribution < -0.4 is 37.6 Å². The molecule has 3 heteroatoms. The lowest BCUT2D eigenvalue weighted by molar-refractivity contribution is -0.00000795. The molecule has 39 heavy (non-hydrogen) atoms. The Balaban J connectivity index is 0.00000353. The van der Waals surface area contributed by atoms with Crippen LogP contribution in [-0.4, -0.2) is 6.61 Å². The van der Waals surface area contributed by atoms with Crippen LogP contribution in [0.15, 0.2) is 146 Å². The summed E-state index contributed by atoms with van der Waals surface area (Å²) in [7, 11) is -1.88. The van der Waals surface area contributed by atoms with Crippen molar-refractivity contribution in [2.45, 2.75) is 31.8 Å². The highest BCUT2D eigenvalue weighted by Crippen LogP contribution is 2.58. The van der Waals surface area contributed by atoms with E-state index < -0.39 is 7.26 Å². The fourth-order valence-corrected chi connectivity index (χ4v) is 9.40. The fraction of sp³-hybridized carbons (Fsp3) is 0.167. The number of benzene rings is 5. The summed E-state index contributed by atoms with van der Waals surface area (Å²) in [6, 6.07) is 52.9. The van der Waals surface area contributed by atoms with Gasteiger partial charge in [-0.05, 0) is 85.3 Å². The maximum absolute atomic E-state index is 5.85. The van der Waals surface area contributed by atoms with Gasteiger partial charge in [-0.2, -0.15) is 0 Å². The quantitative estimate of drug-likeness (QED) is 0.146. The Morgan fingerprint density at radius 2 is 0.923 bits per heavy atom. The van der Waals surface area contributed by atoms with Crippen molar-refractivity contribution in [3.05, 3.63) is 157 Å². The van der Waals surface area contributed by atoms with E-state index in [-0.39, 0.29) is 17.0 Å². The molecule has 0 unspecified atom stereocenters. The van der Waals surface area contributed by atoms with Gasteiger partial charge in [0.05, 0.1) is 12.8 Å². The molecule has 5 aromatic rings. The molecule has 0 fully saturated rings. The Hall–Kier alpha value is -3.19. The van der Waals surface area contributed by atoms with Gasteiger partial charge in [0.1, 0.15) is 28.9 Å². The van der Waals surface area contributed by atoms with E-state index in [0.717, 1.165) is 31.4 Å². The van der Waals surface area contributed by atoms with Crippen LogP contribution in [0.1, 0.15) is 30.4 Å². The normalized spacial score (nSPS) is 11.0. The van der Waals surface area contributed by atoms with Crippen LogP contribution >= 0.6 is 7.26 Å². The maximum Gasteiger partial charge on any atom is 0.119 e. The zero-order chi connectivity index (χ0) is 25.9. The number of rotatable bonds is 12. The van der Waals surface area contributed by atoms with Gasteiger partial charge in [0.25, 0.3) is 0 Å². The summed E-state index contributed by atoms with van der Waals surface area (Å²) in [4.78, 5) is 0. The molecule has 0 amide bonds. The number of para-hydroxylation sites is 1.